The smallest absolute Gasteiger partial charge is 0.244 e. The number of halogens is 2. The van der Waals surface area contributed by atoms with Gasteiger partial charge in [-0.05, 0) is 30.7 Å². The summed E-state index contributed by atoms with van der Waals surface area (Å²) < 4.78 is 26.8. The van der Waals surface area contributed by atoms with Crippen LogP contribution in [-0.2, 0) is 11.3 Å². The fraction of sp³-hybridized carbons (Fsp3) is 0.222. The summed E-state index contributed by atoms with van der Waals surface area (Å²) in [5, 5.41) is 14.7. The molecule has 0 saturated carbocycles. The van der Waals surface area contributed by atoms with Crippen molar-refractivity contribution in [1.29, 1.82) is 0 Å². The van der Waals surface area contributed by atoms with E-state index in [9.17, 15) is 13.6 Å². The molecule has 1 atom stereocenters. The number of carbonyl (C=O) groups is 1. The number of hydrogen-bond donors (Lipinski definition) is 1. The average Bonchev–Trinajstić information content (AvgIpc) is 3.03. The fourth-order valence-electron chi connectivity index (χ4n) is 2.59. The Labute approximate surface area is 148 Å². The van der Waals surface area contributed by atoms with Crippen LogP contribution in [0.1, 0.15) is 24.1 Å². The first-order valence-corrected chi connectivity index (χ1v) is 8.02. The van der Waals surface area contributed by atoms with Crippen LogP contribution < -0.4 is 5.32 Å². The van der Waals surface area contributed by atoms with Crippen LogP contribution in [0.2, 0.25) is 0 Å². The summed E-state index contributed by atoms with van der Waals surface area (Å²) >= 11 is 0. The van der Waals surface area contributed by atoms with E-state index >= 15 is 0 Å². The summed E-state index contributed by atoms with van der Waals surface area (Å²) in [5.41, 5.74) is 2.03. The molecule has 3 rings (SSSR count). The molecule has 1 N–H and O–H groups in total. The summed E-state index contributed by atoms with van der Waals surface area (Å²) in [6.45, 7) is 3.38. The Balaban J connectivity index is 1.66. The minimum atomic E-state index is -0.710. The van der Waals surface area contributed by atoms with E-state index in [0.717, 1.165) is 23.3 Å². The highest BCUT2D eigenvalue weighted by atomic mass is 19.1. The number of aryl methyl sites for hydroxylation is 1. The van der Waals surface area contributed by atoms with E-state index in [0.29, 0.717) is 5.82 Å². The van der Waals surface area contributed by atoms with E-state index < -0.39 is 23.6 Å². The molecule has 0 aliphatic carbocycles. The normalized spacial score (nSPS) is 12.0. The van der Waals surface area contributed by atoms with E-state index in [1.165, 1.54) is 10.9 Å². The number of amides is 1. The first kappa shape index (κ1) is 17.7. The third-order valence-electron chi connectivity index (χ3n) is 3.93. The molecule has 6 nitrogen and oxygen atoms in total. The standard InChI is InChI=1S/C18H17F2N5O/c1-11-5-3-4-6-14(11)18-22-24-25(23-18)10-17(26)21-12(2)15-8-7-13(19)9-16(15)20/h3-9,12H,10H2,1-2H3,(H,21,26)/t12-/m1/s1. The Bertz CT molecular complexity index is 941. The van der Waals surface area contributed by atoms with Crippen LogP contribution in [0, 0.1) is 18.6 Å². The molecular weight excluding hydrogens is 340 g/mol. The van der Waals surface area contributed by atoms with Gasteiger partial charge in [0.25, 0.3) is 0 Å². The molecule has 2 aromatic carbocycles. The quantitative estimate of drug-likeness (QED) is 0.762. The van der Waals surface area contributed by atoms with Gasteiger partial charge in [0.2, 0.25) is 11.7 Å². The summed E-state index contributed by atoms with van der Waals surface area (Å²) in [7, 11) is 0. The van der Waals surface area contributed by atoms with Crippen molar-refractivity contribution in [2.24, 2.45) is 0 Å². The van der Waals surface area contributed by atoms with Crippen LogP contribution >= 0.6 is 0 Å². The molecule has 1 aromatic heterocycles. The van der Waals surface area contributed by atoms with Crippen LogP contribution in [0.3, 0.4) is 0 Å². The lowest BCUT2D eigenvalue weighted by Crippen LogP contribution is -2.31. The van der Waals surface area contributed by atoms with Crippen LogP contribution in [-0.4, -0.2) is 26.1 Å². The first-order valence-electron chi connectivity index (χ1n) is 8.02. The van der Waals surface area contributed by atoms with Gasteiger partial charge in [0, 0.05) is 17.2 Å². The molecule has 0 saturated heterocycles. The second-order valence-electron chi connectivity index (χ2n) is 5.91. The van der Waals surface area contributed by atoms with Gasteiger partial charge in [-0.1, -0.05) is 30.3 Å². The minimum Gasteiger partial charge on any atom is -0.348 e. The lowest BCUT2D eigenvalue weighted by molar-refractivity contribution is -0.122. The average molecular weight is 357 g/mol. The highest BCUT2D eigenvalue weighted by molar-refractivity contribution is 5.76. The maximum absolute atomic E-state index is 13.8. The molecule has 1 amide bonds. The summed E-state index contributed by atoms with van der Waals surface area (Å²) in [6, 6.07) is 10.2. The molecule has 0 spiro atoms. The Hall–Kier alpha value is -3.16. The number of tetrazole rings is 1. The topological polar surface area (TPSA) is 72.7 Å². The highest BCUT2D eigenvalue weighted by Crippen LogP contribution is 2.19. The molecule has 134 valence electrons. The Morgan fingerprint density at radius 2 is 2.00 bits per heavy atom. The van der Waals surface area contributed by atoms with Crippen LogP contribution in [0.15, 0.2) is 42.5 Å². The molecule has 3 aromatic rings. The van der Waals surface area contributed by atoms with E-state index in [1.807, 2.05) is 31.2 Å². The lowest BCUT2D eigenvalue weighted by atomic mass is 10.1. The van der Waals surface area contributed by atoms with Crippen LogP contribution in [0.5, 0.6) is 0 Å². The van der Waals surface area contributed by atoms with E-state index in [2.05, 4.69) is 20.7 Å². The van der Waals surface area contributed by atoms with Crippen molar-refractivity contribution in [1.82, 2.24) is 25.5 Å². The van der Waals surface area contributed by atoms with E-state index in [4.69, 9.17) is 0 Å². The van der Waals surface area contributed by atoms with Gasteiger partial charge in [0.1, 0.15) is 18.2 Å². The van der Waals surface area contributed by atoms with Gasteiger partial charge in [-0.25, -0.2) is 8.78 Å². The highest BCUT2D eigenvalue weighted by Gasteiger charge is 2.16. The third kappa shape index (κ3) is 3.90. The number of rotatable bonds is 5. The molecule has 26 heavy (non-hydrogen) atoms. The van der Waals surface area contributed by atoms with E-state index in [1.54, 1.807) is 6.92 Å². The second-order valence-corrected chi connectivity index (χ2v) is 5.91. The van der Waals surface area contributed by atoms with Gasteiger partial charge in [-0.2, -0.15) is 4.80 Å². The molecule has 0 radical (unpaired) electrons. The molecule has 0 unspecified atom stereocenters. The second kappa shape index (κ2) is 7.38. The summed E-state index contributed by atoms with van der Waals surface area (Å²) in [6.07, 6.45) is 0. The largest absolute Gasteiger partial charge is 0.348 e. The van der Waals surface area contributed by atoms with Crippen molar-refractivity contribution >= 4 is 5.91 Å². The number of carbonyl (C=O) groups excluding carboxylic acids is 1. The molecule has 1 heterocycles. The SMILES string of the molecule is Cc1ccccc1-c1nnn(CC(=O)N[C@H](C)c2ccc(F)cc2F)n1. The van der Waals surface area contributed by atoms with Crippen LogP contribution in [0.4, 0.5) is 8.78 Å². The first-order chi connectivity index (χ1) is 12.4. The Morgan fingerprint density at radius 1 is 1.23 bits per heavy atom. The van der Waals surface area contributed by atoms with Gasteiger partial charge in [-0.15, -0.1) is 10.2 Å². The summed E-state index contributed by atoms with van der Waals surface area (Å²) in [4.78, 5) is 13.3. The van der Waals surface area contributed by atoms with Crippen molar-refractivity contribution in [2.45, 2.75) is 26.4 Å². The minimum absolute atomic E-state index is 0.161. The predicted octanol–water partition coefficient (Wildman–Crippen LogP) is 2.80. The van der Waals surface area contributed by atoms with Crippen molar-refractivity contribution < 1.29 is 13.6 Å². The van der Waals surface area contributed by atoms with Crippen molar-refractivity contribution in [3.63, 3.8) is 0 Å². The van der Waals surface area contributed by atoms with Gasteiger partial charge in [0.05, 0.1) is 6.04 Å². The lowest BCUT2D eigenvalue weighted by Gasteiger charge is -2.14. The van der Waals surface area contributed by atoms with Crippen LogP contribution in [0.25, 0.3) is 11.4 Å². The molecule has 0 bridgehead atoms. The summed E-state index contributed by atoms with van der Waals surface area (Å²) in [5.74, 6) is -1.36. The maximum atomic E-state index is 13.8. The predicted molar refractivity (Wildman–Crippen MR) is 90.9 cm³/mol. The van der Waals surface area contributed by atoms with Crippen molar-refractivity contribution in [2.75, 3.05) is 0 Å². The molecule has 8 heteroatoms. The Kier molecular flexibility index (Phi) is 5.01. The molecule has 0 fully saturated rings. The maximum Gasteiger partial charge on any atom is 0.244 e. The van der Waals surface area contributed by atoms with Crippen molar-refractivity contribution in [3.05, 3.63) is 65.2 Å². The van der Waals surface area contributed by atoms with Gasteiger partial charge < -0.3 is 5.32 Å². The number of hydrogen-bond acceptors (Lipinski definition) is 4. The van der Waals surface area contributed by atoms with Gasteiger partial charge in [-0.3, -0.25) is 4.79 Å². The van der Waals surface area contributed by atoms with Gasteiger partial charge in [0.15, 0.2) is 0 Å². The molecule has 0 aliphatic rings. The monoisotopic (exact) mass is 357 g/mol. The zero-order valence-electron chi connectivity index (χ0n) is 14.3. The zero-order valence-corrected chi connectivity index (χ0v) is 14.3. The number of nitrogens with one attached hydrogen (secondary N) is 1. The Morgan fingerprint density at radius 3 is 2.73 bits per heavy atom. The fourth-order valence-corrected chi connectivity index (χ4v) is 2.59. The molecule has 0 aliphatic heterocycles. The zero-order chi connectivity index (χ0) is 18.7. The third-order valence-corrected chi connectivity index (χ3v) is 3.93. The number of benzene rings is 2. The van der Waals surface area contributed by atoms with Gasteiger partial charge >= 0.3 is 0 Å². The van der Waals surface area contributed by atoms with Crippen molar-refractivity contribution in [3.8, 4) is 11.4 Å². The number of nitrogens with zero attached hydrogens (tertiary/aromatic N) is 4. The number of aromatic nitrogens is 4. The molecular formula is C18H17F2N5O. The van der Waals surface area contributed by atoms with E-state index in [-0.39, 0.29) is 12.1 Å².